The van der Waals surface area contributed by atoms with E-state index in [4.69, 9.17) is 4.74 Å². The number of amides is 1. The predicted octanol–water partition coefficient (Wildman–Crippen LogP) is 2.45. The zero-order valence-corrected chi connectivity index (χ0v) is 16.0. The van der Waals surface area contributed by atoms with Crippen molar-refractivity contribution in [3.63, 3.8) is 0 Å². The molecule has 8 heteroatoms. The summed E-state index contributed by atoms with van der Waals surface area (Å²) in [6.45, 7) is 6.33. The molecule has 2 aromatic heterocycles. The minimum absolute atomic E-state index is 0.00224. The molecule has 0 spiro atoms. The van der Waals surface area contributed by atoms with E-state index in [0.717, 1.165) is 21.5 Å². The van der Waals surface area contributed by atoms with Crippen molar-refractivity contribution < 1.29 is 14.3 Å². The van der Waals surface area contributed by atoms with Gasteiger partial charge in [-0.2, -0.15) is 10.1 Å². The summed E-state index contributed by atoms with van der Waals surface area (Å²) in [4.78, 5) is 29.3. The standard InChI is InChI=1S/C18H20N4O3S/c1-5-22-14(9-12(3)20-22)17(24)19-18-21(10-16(23)25-4)13-7-6-11(2)8-15(13)26-18/h6-9H,5,10H2,1-4H3. The second-order valence-corrected chi connectivity index (χ2v) is 6.93. The van der Waals surface area contributed by atoms with Gasteiger partial charge in [-0.3, -0.25) is 14.3 Å². The van der Waals surface area contributed by atoms with Gasteiger partial charge in [0.05, 0.1) is 23.0 Å². The first kappa shape index (κ1) is 18.1. The molecule has 26 heavy (non-hydrogen) atoms. The maximum atomic E-state index is 12.7. The molecular weight excluding hydrogens is 352 g/mol. The van der Waals surface area contributed by atoms with Crippen LogP contribution in [0, 0.1) is 13.8 Å². The molecule has 0 atom stereocenters. The van der Waals surface area contributed by atoms with Gasteiger partial charge in [0.25, 0.3) is 5.91 Å². The molecule has 3 aromatic rings. The second-order valence-electron chi connectivity index (χ2n) is 5.92. The van der Waals surface area contributed by atoms with Gasteiger partial charge in [-0.15, -0.1) is 0 Å². The van der Waals surface area contributed by atoms with Crippen LogP contribution in [0.2, 0.25) is 0 Å². The van der Waals surface area contributed by atoms with E-state index < -0.39 is 5.97 Å². The Morgan fingerprint density at radius 3 is 2.73 bits per heavy atom. The number of carbonyl (C=O) groups excluding carboxylic acids is 2. The molecule has 3 rings (SSSR count). The lowest BCUT2D eigenvalue weighted by Crippen LogP contribution is -2.23. The van der Waals surface area contributed by atoms with E-state index in [0.29, 0.717) is 17.0 Å². The lowest BCUT2D eigenvalue weighted by atomic mass is 10.2. The molecule has 0 N–H and O–H groups in total. The number of methoxy groups -OCH3 is 1. The number of rotatable bonds is 4. The number of benzene rings is 1. The minimum atomic E-state index is -0.395. The lowest BCUT2D eigenvalue weighted by molar-refractivity contribution is -0.141. The summed E-state index contributed by atoms with van der Waals surface area (Å²) in [5.74, 6) is -0.775. The Kier molecular flexibility index (Phi) is 5.03. The fourth-order valence-electron chi connectivity index (χ4n) is 2.72. The third-order valence-corrected chi connectivity index (χ3v) is 5.01. The maximum absolute atomic E-state index is 12.7. The predicted molar refractivity (Wildman–Crippen MR) is 99.1 cm³/mol. The average molecular weight is 372 g/mol. The van der Waals surface area contributed by atoms with Crippen LogP contribution in [-0.2, 0) is 22.6 Å². The van der Waals surface area contributed by atoms with E-state index >= 15 is 0 Å². The van der Waals surface area contributed by atoms with Gasteiger partial charge in [-0.05, 0) is 44.5 Å². The third kappa shape index (κ3) is 3.45. The number of aromatic nitrogens is 3. The molecule has 1 amide bonds. The summed E-state index contributed by atoms with van der Waals surface area (Å²) < 4.78 is 9.08. The van der Waals surface area contributed by atoms with Gasteiger partial charge < -0.3 is 9.30 Å². The van der Waals surface area contributed by atoms with Gasteiger partial charge in [0.2, 0.25) is 0 Å². The number of nitrogens with zero attached hydrogens (tertiary/aromatic N) is 4. The largest absolute Gasteiger partial charge is 0.468 e. The van der Waals surface area contributed by atoms with Crippen LogP contribution in [0.4, 0.5) is 0 Å². The van der Waals surface area contributed by atoms with E-state index in [1.54, 1.807) is 15.3 Å². The number of carbonyl (C=O) groups is 2. The molecule has 136 valence electrons. The van der Waals surface area contributed by atoms with E-state index in [-0.39, 0.29) is 12.5 Å². The lowest BCUT2D eigenvalue weighted by Gasteiger charge is -2.04. The Bertz CT molecular complexity index is 1060. The SMILES string of the molecule is CCn1nc(C)cc1C(=O)N=c1sc2cc(C)ccc2n1CC(=O)OC. The zero-order chi connectivity index (χ0) is 18.8. The fourth-order valence-corrected chi connectivity index (χ4v) is 3.84. The van der Waals surface area contributed by atoms with Crippen LogP contribution >= 0.6 is 11.3 Å². The Morgan fingerprint density at radius 2 is 2.04 bits per heavy atom. The van der Waals surface area contributed by atoms with Gasteiger partial charge in [0, 0.05) is 6.54 Å². The van der Waals surface area contributed by atoms with Crippen molar-refractivity contribution in [2.24, 2.45) is 4.99 Å². The topological polar surface area (TPSA) is 78.5 Å². The van der Waals surface area contributed by atoms with Crippen LogP contribution in [0.1, 0.15) is 28.7 Å². The van der Waals surface area contributed by atoms with Crippen LogP contribution in [0.3, 0.4) is 0 Å². The summed E-state index contributed by atoms with van der Waals surface area (Å²) in [7, 11) is 1.34. The zero-order valence-electron chi connectivity index (χ0n) is 15.1. The smallest absolute Gasteiger partial charge is 0.325 e. The molecule has 2 heterocycles. The molecule has 0 bridgehead atoms. The van der Waals surface area contributed by atoms with Gasteiger partial charge in [-0.1, -0.05) is 17.4 Å². The highest BCUT2D eigenvalue weighted by Gasteiger charge is 2.15. The van der Waals surface area contributed by atoms with Crippen molar-refractivity contribution in [2.45, 2.75) is 33.9 Å². The van der Waals surface area contributed by atoms with Crippen molar-refractivity contribution in [3.05, 3.63) is 46.0 Å². The van der Waals surface area contributed by atoms with E-state index in [1.165, 1.54) is 18.4 Å². The first-order valence-electron chi connectivity index (χ1n) is 8.23. The molecular formula is C18H20N4O3S. The highest BCUT2D eigenvalue weighted by Crippen LogP contribution is 2.19. The van der Waals surface area contributed by atoms with Gasteiger partial charge >= 0.3 is 5.97 Å². The van der Waals surface area contributed by atoms with Crippen LogP contribution in [-0.4, -0.2) is 33.3 Å². The summed E-state index contributed by atoms with van der Waals surface area (Å²) in [5.41, 5.74) is 3.14. The quantitative estimate of drug-likeness (QED) is 0.659. The normalized spacial score (nSPS) is 11.9. The highest BCUT2D eigenvalue weighted by molar-refractivity contribution is 7.16. The molecule has 0 aliphatic rings. The number of hydrogen-bond donors (Lipinski definition) is 0. The van der Waals surface area contributed by atoms with Crippen molar-refractivity contribution in [1.29, 1.82) is 0 Å². The van der Waals surface area contributed by atoms with E-state index in [2.05, 4.69) is 10.1 Å². The first-order chi connectivity index (χ1) is 12.4. The van der Waals surface area contributed by atoms with Crippen molar-refractivity contribution in [1.82, 2.24) is 14.3 Å². The molecule has 0 radical (unpaired) electrons. The second kappa shape index (κ2) is 7.25. The third-order valence-electron chi connectivity index (χ3n) is 3.97. The van der Waals surface area contributed by atoms with E-state index in [9.17, 15) is 9.59 Å². The molecule has 0 aliphatic heterocycles. The van der Waals surface area contributed by atoms with Gasteiger partial charge in [0.15, 0.2) is 4.80 Å². The summed E-state index contributed by atoms with van der Waals surface area (Å²) in [6.07, 6.45) is 0. The Hall–Kier alpha value is -2.74. The molecule has 0 saturated heterocycles. The number of thiazole rings is 1. The molecule has 0 saturated carbocycles. The van der Waals surface area contributed by atoms with Crippen LogP contribution in [0.5, 0.6) is 0 Å². The Balaban J connectivity index is 2.15. The monoisotopic (exact) mass is 372 g/mol. The van der Waals surface area contributed by atoms with Crippen molar-refractivity contribution in [2.75, 3.05) is 7.11 Å². The van der Waals surface area contributed by atoms with E-state index in [1.807, 2.05) is 39.0 Å². The first-order valence-corrected chi connectivity index (χ1v) is 9.05. The molecule has 0 unspecified atom stereocenters. The van der Waals surface area contributed by atoms with Gasteiger partial charge in [-0.25, -0.2) is 0 Å². The number of aryl methyl sites for hydroxylation is 3. The maximum Gasteiger partial charge on any atom is 0.325 e. The average Bonchev–Trinajstić information content (AvgIpc) is 3.14. The van der Waals surface area contributed by atoms with Crippen LogP contribution < -0.4 is 4.80 Å². The summed E-state index contributed by atoms with van der Waals surface area (Å²) >= 11 is 1.37. The fraction of sp³-hybridized carbons (Fsp3) is 0.333. The summed E-state index contributed by atoms with van der Waals surface area (Å²) in [6, 6.07) is 7.62. The van der Waals surface area contributed by atoms with Crippen molar-refractivity contribution in [3.8, 4) is 0 Å². The number of hydrogen-bond acceptors (Lipinski definition) is 5. The number of fused-ring (bicyclic) bond motifs is 1. The molecule has 0 fully saturated rings. The van der Waals surface area contributed by atoms with Crippen LogP contribution in [0.25, 0.3) is 10.2 Å². The molecule has 1 aromatic carbocycles. The number of ether oxygens (including phenoxy) is 1. The van der Waals surface area contributed by atoms with Crippen LogP contribution in [0.15, 0.2) is 29.3 Å². The molecule has 7 nitrogen and oxygen atoms in total. The molecule has 0 aliphatic carbocycles. The Morgan fingerprint density at radius 1 is 1.27 bits per heavy atom. The van der Waals surface area contributed by atoms with Crippen molar-refractivity contribution >= 4 is 33.4 Å². The summed E-state index contributed by atoms with van der Waals surface area (Å²) in [5, 5.41) is 4.29. The minimum Gasteiger partial charge on any atom is -0.468 e. The van der Waals surface area contributed by atoms with Gasteiger partial charge in [0.1, 0.15) is 12.2 Å². The highest BCUT2D eigenvalue weighted by atomic mass is 32.1. The number of esters is 1. The Labute approximate surface area is 154 Å².